The Balaban J connectivity index is 1.27. The maximum absolute atomic E-state index is 13.4. The number of ether oxygens (including phenoxy) is 1. The second kappa shape index (κ2) is 12.8. The van der Waals surface area contributed by atoms with Gasteiger partial charge in [-0.1, -0.05) is 48.9 Å². The zero-order valence-corrected chi connectivity index (χ0v) is 22.8. The zero-order chi connectivity index (χ0) is 28.0. The van der Waals surface area contributed by atoms with E-state index in [1.165, 1.54) is 11.8 Å². The Morgan fingerprint density at radius 2 is 1.62 bits per heavy atom. The van der Waals surface area contributed by atoms with Crippen molar-refractivity contribution in [2.75, 3.05) is 32.8 Å². The van der Waals surface area contributed by atoms with E-state index in [1.54, 1.807) is 4.90 Å². The minimum absolute atomic E-state index is 0.158. The van der Waals surface area contributed by atoms with Gasteiger partial charge in [0.15, 0.2) is 0 Å². The molecule has 1 spiro atoms. The first-order valence-electron chi connectivity index (χ1n) is 14.2. The molecule has 3 heterocycles. The highest BCUT2D eigenvalue weighted by Gasteiger charge is 2.42. The van der Waals surface area contributed by atoms with Crippen LogP contribution >= 0.6 is 0 Å². The van der Waals surface area contributed by atoms with Gasteiger partial charge in [0.2, 0.25) is 0 Å². The van der Waals surface area contributed by atoms with Crippen LogP contribution in [0.1, 0.15) is 54.6 Å². The van der Waals surface area contributed by atoms with E-state index in [-0.39, 0.29) is 37.1 Å². The van der Waals surface area contributed by atoms with Crippen LogP contribution in [-0.4, -0.2) is 86.9 Å². The molecule has 0 bridgehead atoms. The number of likely N-dealkylation sites (tertiary alicyclic amines) is 1. The molecule has 40 heavy (non-hydrogen) atoms. The van der Waals surface area contributed by atoms with Gasteiger partial charge in [0, 0.05) is 19.6 Å². The first-order valence-corrected chi connectivity index (χ1v) is 14.2. The number of hydrogen-bond acceptors (Lipinski definition) is 8. The second-order valence-corrected chi connectivity index (χ2v) is 11.1. The largest absolute Gasteiger partial charge is 0.462 e. The van der Waals surface area contributed by atoms with Crippen LogP contribution < -0.4 is 0 Å². The maximum Gasteiger partial charge on any atom is 0.312 e. The number of hydrogen-bond donors (Lipinski definition) is 2. The van der Waals surface area contributed by atoms with E-state index in [4.69, 9.17) is 4.74 Å². The second-order valence-electron chi connectivity index (χ2n) is 11.1. The molecule has 212 valence electrons. The summed E-state index contributed by atoms with van der Waals surface area (Å²) in [7, 11) is 0. The molecule has 1 aromatic heterocycles. The number of amides is 1. The Morgan fingerprint density at radius 1 is 0.900 bits per heavy atom. The van der Waals surface area contributed by atoms with Crippen molar-refractivity contribution < 1.29 is 24.5 Å². The monoisotopic (exact) mass is 546 g/mol. The summed E-state index contributed by atoms with van der Waals surface area (Å²) in [6, 6.07) is 17.7. The fraction of sp³-hybridized carbons (Fsp3) is 0.484. The number of para-hydroxylation sites is 2. The Morgan fingerprint density at radius 3 is 2.40 bits per heavy atom. The molecule has 2 aliphatic rings. The fourth-order valence-corrected chi connectivity index (χ4v) is 5.75. The molecule has 0 aliphatic carbocycles. The molecule has 0 unspecified atom stereocenters. The number of cyclic esters (lactones) is 1. The van der Waals surface area contributed by atoms with E-state index in [9.17, 15) is 19.8 Å². The Labute approximate surface area is 234 Å². The summed E-state index contributed by atoms with van der Waals surface area (Å²) in [5, 5.41) is 21.1. The van der Waals surface area contributed by atoms with E-state index in [0.29, 0.717) is 43.3 Å². The number of piperidine rings is 1. The van der Waals surface area contributed by atoms with Gasteiger partial charge in [0.1, 0.15) is 18.4 Å². The van der Waals surface area contributed by atoms with E-state index >= 15 is 0 Å². The average Bonchev–Trinajstić information content (AvgIpc) is 3.00. The van der Waals surface area contributed by atoms with Crippen LogP contribution in [0.3, 0.4) is 0 Å². The number of esters is 1. The minimum atomic E-state index is -1.22. The topological polar surface area (TPSA) is 116 Å². The summed E-state index contributed by atoms with van der Waals surface area (Å²) in [6.07, 6.45) is 2.75. The van der Waals surface area contributed by atoms with Gasteiger partial charge in [0.05, 0.1) is 28.7 Å². The lowest BCUT2D eigenvalue weighted by molar-refractivity contribution is -0.165. The predicted molar refractivity (Wildman–Crippen MR) is 150 cm³/mol. The van der Waals surface area contributed by atoms with Crippen molar-refractivity contribution in [1.82, 2.24) is 19.8 Å². The summed E-state index contributed by atoms with van der Waals surface area (Å²) in [5.41, 5.74) is 2.22. The van der Waals surface area contributed by atoms with Gasteiger partial charge in [-0.2, -0.15) is 0 Å². The number of aliphatic hydroxyl groups excluding tert-OH is 2. The Kier molecular flexibility index (Phi) is 9.04. The number of carbonyl (C=O) groups excluding carboxylic acids is 2. The molecular weight excluding hydrogens is 508 g/mol. The van der Waals surface area contributed by atoms with E-state index in [1.807, 2.05) is 42.5 Å². The summed E-state index contributed by atoms with van der Waals surface area (Å²) >= 11 is 0. The van der Waals surface area contributed by atoms with Crippen molar-refractivity contribution in [1.29, 1.82) is 0 Å². The third-order valence-corrected chi connectivity index (χ3v) is 8.31. The summed E-state index contributed by atoms with van der Waals surface area (Å²) < 4.78 is 5.60. The molecule has 2 saturated heterocycles. The van der Waals surface area contributed by atoms with Crippen LogP contribution in [-0.2, 0) is 16.1 Å². The highest BCUT2D eigenvalue weighted by Crippen LogP contribution is 2.38. The lowest BCUT2D eigenvalue weighted by Gasteiger charge is -2.40. The molecule has 1 amide bonds. The molecule has 2 atom stereocenters. The molecule has 0 radical (unpaired) electrons. The minimum Gasteiger partial charge on any atom is -0.462 e. The molecule has 5 rings (SSSR count). The Hall–Kier alpha value is -3.40. The van der Waals surface area contributed by atoms with Gasteiger partial charge in [-0.25, -0.2) is 4.98 Å². The number of aromatic nitrogens is 2. The van der Waals surface area contributed by atoms with Gasteiger partial charge in [0.25, 0.3) is 5.91 Å². The molecular formula is C31H38N4O5. The van der Waals surface area contributed by atoms with E-state index in [2.05, 4.69) is 27.0 Å². The van der Waals surface area contributed by atoms with Gasteiger partial charge in [-0.15, -0.1) is 0 Å². The molecule has 2 aromatic carbocycles. The molecule has 2 fully saturated rings. The smallest absolute Gasteiger partial charge is 0.312 e. The number of aliphatic hydroxyl groups is 2. The Bertz CT molecular complexity index is 1300. The van der Waals surface area contributed by atoms with Crippen molar-refractivity contribution in [3.63, 3.8) is 0 Å². The highest BCUT2D eigenvalue weighted by molar-refractivity contribution is 5.93. The van der Waals surface area contributed by atoms with Crippen LogP contribution in [0.4, 0.5) is 0 Å². The van der Waals surface area contributed by atoms with Crippen LogP contribution in [0, 0.1) is 5.41 Å². The van der Waals surface area contributed by atoms with Gasteiger partial charge in [-0.3, -0.25) is 19.5 Å². The van der Waals surface area contributed by atoms with Gasteiger partial charge < -0.3 is 19.8 Å². The molecule has 9 heteroatoms. The van der Waals surface area contributed by atoms with Gasteiger partial charge >= 0.3 is 5.97 Å². The standard InChI is InChI=1S/C31H38N4O5/c36-27-12-17-35(29(38)26-20-32-24-10-4-5-11-25(24)33-26)16-7-6-13-31(30(39)40-22-28(27)37)14-18-34(19-15-31)21-23-8-2-1-3-9-23/h1-5,8-11,20,27-28,36-37H,6-7,12-19,21-22H2/t27-,28+/m0/s1. The first kappa shape index (κ1) is 28.1. The molecule has 3 aromatic rings. The number of benzene rings is 2. The summed E-state index contributed by atoms with van der Waals surface area (Å²) in [4.78, 5) is 39.7. The van der Waals surface area contributed by atoms with Crippen molar-refractivity contribution in [3.8, 4) is 0 Å². The first-order chi connectivity index (χ1) is 19.4. The SMILES string of the molecule is O=C(c1cnc2ccccc2n1)N1CCCCC2(CCN(Cc3ccccc3)CC2)C(=O)OC[C@@H](O)[C@@H](O)CC1. The lowest BCUT2D eigenvalue weighted by atomic mass is 9.74. The molecule has 2 N–H and O–H groups in total. The van der Waals surface area contributed by atoms with Crippen LogP contribution in [0.5, 0.6) is 0 Å². The third-order valence-electron chi connectivity index (χ3n) is 8.31. The third kappa shape index (κ3) is 6.66. The fourth-order valence-electron chi connectivity index (χ4n) is 5.75. The van der Waals surface area contributed by atoms with Crippen molar-refractivity contribution >= 4 is 22.9 Å². The quantitative estimate of drug-likeness (QED) is 0.482. The molecule has 2 aliphatic heterocycles. The van der Waals surface area contributed by atoms with Crippen molar-refractivity contribution in [2.24, 2.45) is 5.41 Å². The summed E-state index contributed by atoms with van der Waals surface area (Å²) in [5.74, 6) is -0.553. The molecule has 9 nitrogen and oxygen atoms in total. The van der Waals surface area contributed by atoms with Gasteiger partial charge in [-0.05, 0) is 62.9 Å². The summed E-state index contributed by atoms with van der Waals surface area (Å²) in [6.45, 7) is 2.84. The zero-order valence-electron chi connectivity index (χ0n) is 22.8. The van der Waals surface area contributed by atoms with E-state index < -0.39 is 17.6 Å². The number of carbonyl (C=O) groups is 2. The van der Waals surface area contributed by atoms with E-state index in [0.717, 1.165) is 26.1 Å². The number of nitrogens with zero attached hydrogens (tertiary/aromatic N) is 4. The maximum atomic E-state index is 13.4. The lowest BCUT2D eigenvalue weighted by Crippen LogP contribution is -2.45. The average molecular weight is 547 g/mol. The van der Waals surface area contributed by atoms with Crippen LogP contribution in [0.2, 0.25) is 0 Å². The number of fused-ring (bicyclic) bond motifs is 1. The van der Waals surface area contributed by atoms with Crippen molar-refractivity contribution in [2.45, 2.75) is 57.3 Å². The number of rotatable bonds is 3. The normalized spacial score (nSPS) is 23.1. The highest BCUT2D eigenvalue weighted by atomic mass is 16.5. The van der Waals surface area contributed by atoms with Crippen LogP contribution in [0.25, 0.3) is 11.0 Å². The van der Waals surface area contributed by atoms with Crippen molar-refractivity contribution in [3.05, 3.63) is 72.1 Å². The molecule has 0 saturated carbocycles. The predicted octanol–water partition coefficient (Wildman–Crippen LogP) is 3.19. The van der Waals surface area contributed by atoms with Crippen LogP contribution in [0.15, 0.2) is 60.8 Å².